The Hall–Kier alpha value is 0.1000. The van der Waals surface area contributed by atoms with E-state index in [2.05, 4.69) is 31.2 Å². The molecule has 0 radical (unpaired) electrons. The van der Waals surface area contributed by atoms with E-state index < -0.39 is 0 Å². The highest BCUT2D eigenvalue weighted by Crippen LogP contribution is 2.18. The third-order valence-corrected chi connectivity index (χ3v) is 2.48. The van der Waals surface area contributed by atoms with Gasteiger partial charge in [-0.05, 0) is 28.9 Å². The van der Waals surface area contributed by atoms with Crippen LogP contribution in [-0.2, 0) is 0 Å². The molecule has 1 saturated heterocycles. The van der Waals surface area contributed by atoms with Crippen LogP contribution in [0.1, 0.15) is 18.2 Å². The summed E-state index contributed by atoms with van der Waals surface area (Å²) in [6, 6.07) is 0. The Kier molecular flexibility index (Phi) is 6.61. The fourth-order valence-corrected chi connectivity index (χ4v) is 1.61. The normalized spacial score (nSPS) is 19.6. The monoisotopic (exact) mass is 299 g/mol. The summed E-state index contributed by atoms with van der Waals surface area (Å²) in [5.74, 6) is 1.47. The van der Waals surface area contributed by atoms with Gasteiger partial charge in [-0.25, -0.2) is 9.97 Å². The minimum absolute atomic E-state index is 0. The van der Waals surface area contributed by atoms with Gasteiger partial charge in [0.05, 0.1) is 4.47 Å². The fraction of sp³-hybridized carbons (Fsp3) is 0.500. The van der Waals surface area contributed by atoms with Gasteiger partial charge in [0.15, 0.2) is 0 Å². The van der Waals surface area contributed by atoms with E-state index in [-0.39, 0.29) is 24.8 Å². The minimum atomic E-state index is 0. The van der Waals surface area contributed by atoms with E-state index in [1.807, 2.05) is 0 Å². The fourth-order valence-electron chi connectivity index (χ4n) is 1.41. The Bertz CT molecular complexity index is 262. The Morgan fingerprint density at radius 3 is 2.43 bits per heavy atom. The molecular weight excluding hydrogens is 289 g/mol. The zero-order valence-electron chi connectivity index (χ0n) is 7.44. The highest BCUT2D eigenvalue weighted by atomic mass is 79.9. The molecular formula is C8H12BrCl2N3. The summed E-state index contributed by atoms with van der Waals surface area (Å²) < 4.78 is 0.942. The molecule has 0 amide bonds. The van der Waals surface area contributed by atoms with Gasteiger partial charge < -0.3 is 5.32 Å². The van der Waals surface area contributed by atoms with Crippen molar-refractivity contribution in [1.82, 2.24) is 15.3 Å². The van der Waals surface area contributed by atoms with Gasteiger partial charge in [-0.3, -0.25) is 0 Å². The predicted octanol–water partition coefficient (Wildman–Crippen LogP) is 2.16. The van der Waals surface area contributed by atoms with Crippen LogP contribution in [0.5, 0.6) is 0 Å². The van der Waals surface area contributed by atoms with Gasteiger partial charge in [-0.1, -0.05) is 0 Å². The van der Waals surface area contributed by atoms with E-state index in [1.165, 1.54) is 0 Å². The molecule has 0 bridgehead atoms. The molecule has 1 aromatic rings. The van der Waals surface area contributed by atoms with Crippen molar-refractivity contribution >= 4 is 40.7 Å². The lowest BCUT2D eigenvalue weighted by atomic mass is 10.1. The van der Waals surface area contributed by atoms with Crippen LogP contribution in [0.4, 0.5) is 0 Å². The van der Waals surface area contributed by atoms with Crippen LogP contribution in [0.25, 0.3) is 0 Å². The van der Waals surface area contributed by atoms with Crippen LogP contribution in [0, 0.1) is 0 Å². The van der Waals surface area contributed by atoms with Crippen molar-refractivity contribution in [2.75, 3.05) is 13.1 Å². The molecule has 2 rings (SSSR count). The van der Waals surface area contributed by atoms with Gasteiger partial charge in [0, 0.05) is 24.9 Å². The zero-order chi connectivity index (χ0) is 8.39. The van der Waals surface area contributed by atoms with E-state index in [0.717, 1.165) is 29.8 Å². The smallest absolute Gasteiger partial charge is 0.132 e. The lowest BCUT2D eigenvalue weighted by molar-refractivity contribution is 0.700. The van der Waals surface area contributed by atoms with Crippen molar-refractivity contribution in [2.45, 2.75) is 12.3 Å². The Morgan fingerprint density at radius 2 is 1.93 bits per heavy atom. The minimum Gasteiger partial charge on any atom is -0.316 e. The highest BCUT2D eigenvalue weighted by Gasteiger charge is 2.18. The number of hydrogen-bond acceptors (Lipinski definition) is 3. The molecule has 14 heavy (non-hydrogen) atoms. The van der Waals surface area contributed by atoms with Gasteiger partial charge in [-0.2, -0.15) is 0 Å². The molecule has 80 valence electrons. The molecule has 3 nitrogen and oxygen atoms in total. The quantitative estimate of drug-likeness (QED) is 0.864. The molecule has 0 spiro atoms. The van der Waals surface area contributed by atoms with Crippen molar-refractivity contribution in [2.24, 2.45) is 0 Å². The Balaban J connectivity index is 0.000000845. The van der Waals surface area contributed by atoms with E-state index >= 15 is 0 Å². The maximum absolute atomic E-state index is 4.26. The number of aromatic nitrogens is 2. The second-order valence-electron chi connectivity index (χ2n) is 2.95. The summed E-state index contributed by atoms with van der Waals surface area (Å²) in [6.45, 7) is 2.10. The van der Waals surface area contributed by atoms with Crippen molar-refractivity contribution in [3.8, 4) is 0 Å². The molecule has 0 aromatic carbocycles. The molecule has 1 atom stereocenters. The first-order valence-electron chi connectivity index (χ1n) is 4.04. The summed E-state index contributed by atoms with van der Waals surface area (Å²) in [4.78, 5) is 8.52. The SMILES string of the molecule is Brc1cnc(C2CCNC2)nc1.Cl.Cl. The van der Waals surface area contributed by atoms with Crippen molar-refractivity contribution in [3.05, 3.63) is 22.7 Å². The lowest BCUT2D eigenvalue weighted by Crippen LogP contribution is -2.09. The molecule has 2 heterocycles. The van der Waals surface area contributed by atoms with Crippen LogP contribution >= 0.6 is 40.7 Å². The maximum atomic E-state index is 4.26. The molecule has 1 N–H and O–H groups in total. The van der Waals surface area contributed by atoms with Crippen LogP contribution in [0.2, 0.25) is 0 Å². The van der Waals surface area contributed by atoms with Gasteiger partial charge in [0.25, 0.3) is 0 Å². The molecule has 1 unspecified atom stereocenters. The Morgan fingerprint density at radius 1 is 1.29 bits per heavy atom. The van der Waals surface area contributed by atoms with Crippen LogP contribution in [0.3, 0.4) is 0 Å². The van der Waals surface area contributed by atoms with Gasteiger partial charge in [0.1, 0.15) is 5.82 Å². The van der Waals surface area contributed by atoms with E-state index in [4.69, 9.17) is 0 Å². The zero-order valence-corrected chi connectivity index (χ0v) is 10.7. The summed E-state index contributed by atoms with van der Waals surface area (Å²) in [5.41, 5.74) is 0. The van der Waals surface area contributed by atoms with Gasteiger partial charge >= 0.3 is 0 Å². The molecule has 1 aliphatic heterocycles. The summed E-state index contributed by atoms with van der Waals surface area (Å²) in [7, 11) is 0. The second kappa shape index (κ2) is 6.56. The van der Waals surface area contributed by atoms with E-state index in [9.17, 15) is 0 Å². The van der Waals surface area contributed by atoms with Crippen molar-refractivity contribution in [1.29, 1.82) is 0 Å². The molecule has 0 aliphatic carbocycles. The second-order valence-corrected chi connectivity index (χ2v) is 3.86. The number of nitrogens with one attached hydrogen (secondary N) is 1. The largest absolute Gasteiger partial charge is 0.316 e. The molecule has 1 aromatic heterocycles. The average Bonchev–Trinajstić information content (AvgIpc) is 2.58. The van der Waals surface area contributed by atoms with E-state index in [1.54, 1.807) is 12.4 Å². The predicted molar refractivity (Wildman–Crippen MR) is 64.5 cm³/mol. The molecule has 1 fully saturated rings. The van der Waals surface area contributed by atoms with Gasteiger partial charge in [0.2, 0.25) is 0 Å². The first-order chi connectivity index (χ1) is 5.86. The van der Waals surface area contributed by atoms with Crippen molar-refractivity contribution in [3.63, 3.8) is 0 Å². The topological polar surface area (TPSA) is 37.8 Å². The van der Waals surface area contributed by atoms with Gasteiger partial charge in [-0.15, -0.1) is 24.8 Å². The summed E-state index contributed by atoms with van der Waals surface area (Å²) >= 11 is 3.31. The Labute approximate surface area is 104 Å². The summed E-state index contributed by atoms with van der Waals surface area (Å²) in [5, 5.41) is 3.29. The number of nitrogens with zero attached hydrogens (tertiary/aromatic N) is 2. The van der Waals surface area contributed by atoms with Crippen molar-refractivity contribution < 1.29 is 0 Å². The summed E-state index contributed by atoms with van der Waals surface area (Å²) in [6.07, 6.45) is 4.77. The van der Waals surface area contributed by atoms with Crippen LogP contribution in [-0.4, -0.2) is 23.1 Å². The molecule has 6 heteroatoms. The molecule has 1 aliphatic rings. The standard InChI is InChI=1S/C8H10BrN3.2ClH/c9-7-4-11-8(12-5-7)6-1-2-10-3-6;;/h4-6,10H,1-3H2;2*1H. The van der Waals surface area contributed by atoms with Crippen LogP contribution < -0.4 is 5.32 Å². The average molecular weight is 301 g/mol. The maximum Gasteiger partial charge on any atom is 0.132 e. The third kappa shape index (κ3) is 3.35. The highest BCUT2D eigenvalue weighted by molar-refractivity contribution is 9.10. The number of halogens is 3. The number of rotatable bonds is 1. The lowest BCUT2D eigenvalue weighted by Gasteiger charge is -2.04. The molecule has 0 saturated carbocycles. The first kappa shape index (κ1) is 14.1. The van der Waals surface area contributed by atoms with E-state index in [0.29, 0.717) is 5.92 Å². The third-order valence-electron chi connectivity index (χ3n) is 2.07. The number of hydrogen-bond donors (Lipinski definition) is 1. The van der Waals surface area contributed by atoms with Crippen LogP contribution in [0.15, 0.2) is 16.9 Å². The first-order valence-corrected chi connectivity index (χ1v) is 4.84.